The van der Waals surface area contributed by atoms with Gasteiger partial charge in [-0.1, -0.05) is 6.07 Å². The van der Waals surface area contributed by atoms with Gasteiger partial charge in [-0.15, -0.1) is 0 Å². The molecule has 4 heteroatoms. The number of benzene rings is 1. The number of nitrogens with one attached hydrogen (secondary N) is 1. The number of anilines is 1. The molecule has 0 heterocycles. The molecule has 0 fully saturated rings. The molecule has 0 radical (unpaired) electrons. The maximum absolute atomic E-state index is 12.8. The summed E-state index contributed by atoms with van der Waals surface area (Å²) in [5, 5.41) is 2.65. The van der Waals surface area contributed by atoms with E-state index in [1.54, 1.807) is 6.07 Å². The van der Waals surface area contributed by atoms with Gasteiger partial charge in [-0.25, -0.2) is 4.39 Å². The van der Waals surface area contributed by atoms with Crippen molar-refractivity contribution >= 4 is 23.4 Å². The number of carbonyl (C=O) groups excluding carboxylic acids is 1. The molecule has 14 heavy (non-hydrogen) atoms. The fraction of sp³-hybridized carbons (Fsp3) is 0.300. The molecule has 0 aromatic heterocycles. The third-order valence-electron chi connectivity index (χ3n) is 1.75. The SMILES string of the molecule is CSCC(=O)Nc1cc(F)ccc1C. The van der Waals surface area contributed by atoms with Crippen LogP contribution in [0.3, 0.4) is 0 Å². The maximum atomic E-state index is 12.8. The van der Waals surface area contributed by atoms with Gasteiger partial charge in [-0.3, -0.25) is 4.79 Å². The van der Waals surface area contributed by atoms with Crippen molar-refractivity contribution in [1.29, 1.82) is 0 Å². The van der Waals surface area contributed by atoms with Crippen LogP contribution in [0.2, 0.25) is 0 Å². The zero-order valence-corrected chi connectivity index (χ0v) is 8.95. The minimum atomic E-state index is -0.338. The molecule has 0 atom stereocenters. The fourth-order valence-electron chi connectivity index (χ4n) is 1.05. The van der Waals surface area contributed by atoms with E-state index in [9.17, 15) is 9.18 Å². The smallest absolute Gasteiger partial charge is 0.234 e. The lowest BCUT2D eigenvalue weighted by molar-refractivity contribution is -0.113. The van der Waals surface area contributed by atoms with Crippen LogP contribution in [0.4, 0.5) is 10.1 Å². The molecule has 1 aromatic rings. The van der Waals surface area contributed by atoms with Gasteiger partial charge in [0.2, 0.25) is 5.91 Å². The molecule has 0 saturated carbocycles. The molecule has 0 aliphatic carbocycles. The molecule has 0 spiro atoms. The van der Waals surface area contributed by atoms with Crippen LogP contribution in [0.1, 0.15) is 5.56 Å². The average molecular weight is 213 g/mol. The standard InChI is InChI=1S/C10H12FNOS/c1-7-3-4-8(11)5-9(7)12-10(13)6-14-2/h3-5H,6H2,1-2H3,(H,12,13). The van der Waals surface area contributed by atoms with E-state index in [2.05, 4.69) is 5.32 Å². The fourth-order valence-corrected chi connectivity index (χ4v) is 1.38. The van der Waals surface area contributed by atoms with Crippen LogP contribution in [0.5, 0.6) is 0 Å². The summed E-state index contributed by atoms with van der Waals surface area (Å²) in [5.74, 6) is -0.0584. The largest absolute Gasteiger partial charge is 0.325 e. The Bertz CT molecular complexity index is 341. The minimum Gasteiger partial charge on any atom is -0.325 e. The monoisotopic (exact) mass is 213 g/mol. The lowest BCUT2D eigenvalue weighted by atomic mass is 10.2. The van der Waals surface area contributed by atoms with Crippen molar-refractivity contribution in [1.82, 2.24) is 0 Å². The predicted octanol–water partition coefficient (Wildman–Crippen LogP) is 2.44. The Morgan fingerprint density at radius 3 is 2.93 bits per heavy atom. The van der Waals surface area contributed by atoms with Gasteiger partial charge in [-0.05, 0) is 30.9 Å². The molecule has 0 unspecified atom stereocenters. The number of amides is 1. The first-order chi connectivity index (χ1) is 6.63. The molecule has 0 aliphatic heterocycles. The highest BCUT2D eigenvalue weighted by Crippen LogP contribution is 2.15. The van der Waals surface area contributed by atoms with E-state index in [-0.39, 0.29) is 11.7 Å². The highest BCUT2D eigenvalue weighted by Gasteiger charge is 2.04. The zero-order chi connectivity index (χ0) is 10.6. The zero-order valence-electron chi connectivity index (χ0n) is 8.13. The summed E-state index contributed by atoms with van der Waals surface area (Å²) in [6.45, 7) is 1.83. The number of rotatable bonds is 3. The Labute approximate surface area is 86.9 Å². The van der Waals surface area contributed by atoms with Crippen molar-refractivity contribution < 1.29 is 9.18 Å². The second kappa shape index (κ2) is 5.00. The molecule has 0 aliphatic rings. The Morgan fingerprint density at radius 1 is 1.57 bits per heavy atom. The van der Waals surface area contributed by atoms with E-state index >= 15 is 0 Å². The molecule has 2 nitrogen and oxygen atoms in total. The second-order valence-electron chi connectivity index (χ2n) is 2.94. The normalized spacial score (nSPS) is 9.93. The Hall–Kier alpha value is -1.03. The number of carbonyl (C=O) groups is 1. The van der Waals surface area contributed by atoms with Crippen LogP contribution in [0.25, 0.3) is 0 Å². The van der Waals surface area contributed by atoms with Gasteiger partial charge in [0.1, 0.15) is 5.82 Å². The summed E-state index contributed by atoms with van der Waals surface area (Å²) >= 11 is 1.43. The second-order valence-corrected chi connectivity index (χ2v) is 3.81. The van der Waals surface area contributed by atoms with E-state index in [0.29, 0.717) is 11.4 Å². The van der Waals surface area contributed by atoms with E-state index in [1.165, 1.54) is 23.9 Å². The van der Waals surface area contributed by atoms with Gasteiger partial charge in [0.15, 0.2) is 0 Å². The lowest BCUT2D eigenvalue weighted by Gasteiger charge is -2.07. The molecule has 1 N–H and O–H groups in total. The van der Waals surface area contributed by atoms with Crippen molar-refractivity contribution in [3.8, 4) is 0 Å². The van der Waals surface area contributed by atoms with Crippen LogP contribution >= 0.6 is 11.8 Å². The first-order valence-electron chi connectivity index (χ1n) is 4.18. The lowest BCUT2D eigenvalue weighted by Crippen LogP contribution is -2.14. The average Bonchev–Trinajstić information content (AvgIpc) is 2.12. The maximum Gasteiger partial charge on any atom is 0.234 e. The van der Waals surface area contributed by atoms with Crippen molar-refractivity contribution in [3.63, 3.8) is 0 Å². The van der Waals surface area contributed by atoms with Crippen molar-refractivity contribution in [2.45, 2.75) is 6.92 Å². The van der Waals surface area contributed by atoms with Crippen LogP contribution < -0.4 is 5.32 Å². The summed E-state index contributed by atoms with van der Waals surface area (Å²) in [6, 6.07) is 4.34. The molecule has 0 bridgehead atoms. The van der Waals surface area contributed by atoms with Gasteiger partial charge >= 0.3 is 0 Å². The molecular weight excluding hydrogens is 201 g/mol. The molecule has 0 saturated heterocycles. The molecule has 1 aromatic carbocycles. The highest BCUT2D eigenvalue weighted by atomic mass is 32.2. The summed E-state index contributed by atoms with van der Waals surface area (Å²) in [6.07, 6.45) is 1.85. The molecule has 76 valence electrons. The van der Waals surface area contributed by atoms with Gasteiger partial charge in [-0.2, -0.15) is 11.8 Å². The summed E-state index contributed by atoms with van der Waals surface area (Å²) in [7, 11) is 0. The van der Waals surface area contributed by atoms with Crippen LogP contribution in [-0.4, -0.2) is 17.9 Å². The molecule has 1 rings (SSSR count). The third-order valence-corrected chi connectivity index (χ3v) is 2.30. The van der Waals surface area contributed by atoms with E-state index < -0.39 is 0 Å². The van der Waals surface area contributed by atoms with E-state index in [1.807, 2.05) is 13.2 Å². The van der Waals surface area contributed by atoms with Crippen LogP contribution in [0, 0.1) is 12.7 Å². The Balaban J connectivity index is 2.75. The van der Waals surface area contributed by atoms with Crippen molar-refractivity contribution in [2.75, 3.05) is 17.3 Å². The number of aryl methyl sites for hydroxylation is 1. The first-order valence-corrected chi connectivity index (χ1v) is 5.58. The van der Waals surface area contributed by atoms with E-state index in [0.717, 1.165) is 5.56 Å². The molecule has 1 amide bonds. The van der Waals surface area contributed by atoms with Crippen molar-refractivity contribution in [2.24, 2.45) is 0 Å². The van der Waals surface area contributed by atoms with Crippen LogP contribution in [-0.2, 0) is 4.79 Å². The number of halogens is 1. The number of hydrogen-bond acceptors (Lipinski definition) is 2. The van der Waals surface area contributed by atoms with E-state index in [4.69, 9.17) is 0 Å². The molecular formula is C10H12FNOS. The highest BCUT2D eigenvalue weighted by molar-refractivity contribution is 7.99. The minimum absolute atomic E-state index is 0.105. The third kappa shape index (κ3) is 3.03. The van der Waals surface area contributed by atoms with Gasteiger partial charge in [0, 0.05) is 5.69 Å². The summed E-state index contributed by atoms with van der Waals surface area (Å²) < 4.78 is 12.8. The van der Waals surface area contributed by atoms with Gasteiger partial charge in [0.25, 0.3) is 0 Å². The summed E-state index contributed by atoms with van der Waals surface area (Å²) in [5.41, 5.74) is 1.41. The Morgan fingerprint density at radius 2 is 2.29 bits per heavy atom. The van der Waals surface area contributed by atoms with Crippen LogP contribution in [0.15, 0.2) is 18.2 Å². The number of hydrogen-bond donors (Lipinski definition) is 1. The summed E-state index contributed by atoms with van der Waals surface area (Å²) in [4.78, 5) is 11.2. The quantitative estimate of drug-likeness (QED) is 0.835. The Kier molecular flexibility index (Phi) is 3.95. The first kappa shape index (κ1) is 11.0. The van der Waals surface area contributed by atoms with Gasteiger partial charge < -0.3 is 5.32 Å². The topological polar surface area (TPSA) is 29.1 Å². The number of thioether (sulfide) groups is 1. The predicted molar refractivity (Wildman–Crippen MR) is 58.1 cm³/mol. The van der Waals surface area contributed by atoms with Gasteiger partial charge in [0.05, 0.1) is 5.75 Å². The van der Waals surface area contributed by atoms with Crippen molar-refractivity contribution in [3.05, 3.63) is 29.6 Å².